The van der Waals surface area contributed by atoms with Gasteiger partial charge in [-0.3, -0.25) is 9.59 Å². The van der Waals surface area contributed by atoms with Gasteiger partial charge in [0.25, 0.3) is 5.91 Å². The zero-order valence-corrected chi connectivity index (χ0v) is 12.6. The third kappa shape index (κ3) is 7.25. The number of ether oxygens (including phenoxy) is 1. The lowest BCUT2D eigenvalue weighted by atomic mass is 10.2. The smallest absolute Gasteiger partial charge is 0.252 e. The highest BCUT2D eigenvalue weighted by Gasteiger charge is 2.05. The Morgan fingerprint density at radius 3 is 2.75 bits per heavy atom. The van der Waals surface area contributed by atoms with Crippen molar-refractivity contribution in [2.24, 2.45) is 0 Å². The minimum absolute atomic E-state index is 0.0197. The highest BCUT2D eigenvalue weighted by molar-refractivity contribution is 7.08. The fourth-order valence-corrected chi connectivity index (χ4v) is 2.22. The molecular formula is C14H22N2O3S. The van der Waals surface area contributed by atoms with Gasteiger partial charge in [-0.2, -0.15) is 11.3 Å². The van der Waals surface area contributed by atoms with Crippen LogP contribution >= 0.6 is 11.3 Å². The molecule has 1 heterocycles. The zero-order chi connectivity index (χ0) is 14.6. The molecule has 0 aliphatic rings. The molecule has 0 fully saturated rings. The molecule has 0 unspecified atom stereocenters. The van der Waals surface area contributed by atoms with Crippen LogP contribution in [0.25, 0.3) is 0 Å². The van der Waals surface area contributed by atoms with E-state index in [4.69, 9.17) is 4.74 Å². The quantitative estimate of drug-likeness (QED) is 0.647. The van der Waals surface area contributed by atoms with Crippen LogP contribution in [-0.4, -0.2) is 38.1 Å². The van der Waals surface area contributed by atoms with Gasteiger partial charge in [-0.05, 0) is 31.2 Å². The number of amides is 2. The summed E-state index contributed by atoms with van der Waals surface area (Å²) in [4.78, 5) is 23.1. The van der Waals surface area contributed by atoms with E-state index in [-0.39, 0.29) is 11.8 Å². The third-order valence-electron chi connectivity index (χ3n) is 2.64. The highest BCUT2D eigenvalue weighted by atomic mass is 32.1. The van der Waals surface area contributed by atoms with Gasteiger partial charge in [0.05, 0.1) is 0 Å². The summed E-state index contributed by atoms with van der Waals surface area (Å²) >= 11 is 1.49. The first-order valence-corrected chi connectivity index (χ1v) is 7.83. The topological polar surface area (TPSA) is 67.4 Å². The van der Waals surface area contributed by atoms with Crippen molar-refractivity contribution in [3.05, 3.63) is 22.4 Å². The average Bonchev–Trinajstić information content (AvgIpc) is 2.97. The first kappa shape index (κ1) is 16.7. The summed E-state index contributed by atoms with van der Waals surface area (Å²) in [6, 6.07) is 1.78. The van der Waals surface area contributed by atoms with Crippen LogP contribution in [0, 0.1) is 0 Å². The van der Waals surface area contributed by atoms with Gasteiger partial charge in [0.15, 0.2) is 0 Å². The Hall–Kier alpha value is -1.40. The van der Waals surface area contributed by atoms with Crippen LogP contribution in [0.15, 0.2) is 16.8 Å². The standard InChI is InChI=1S/C14H22N2O3S/c1-2-19-9-4-8-15-13(17)5-3-7-16-14(18)12-6-10-20-11-12/h6,10-11H,2-5,7-9H2,1H3,(H,15,17)(H,16,18). The molecule has 1 rings (SSSR count). The molecule has 112 valence electrons. The van der Waals surface area contributed by atoms with Crippen molar-refractivity contribution >= 4 is 23.2 Å². The molecule has 0 spiro atoms. The van der Waals surface area contributed by atoms with Crippen LogP contribution in [0.2, 0.25) is 0 Å². The second-order valence-electron chi connectivity index (χ2n) is 4.27. The molecule has 2 N–H and O–H groups in total. The number of hydrogen-bond acceptors (Lipinski definition) is 4. The van der Waals surface area contributed by atoms with Crippen molar-refractivity contribution in [2.45, 2.75) is 26.2 Å². The SMILES string of the molecule is CCOCCCNC(=O)CCCNC(=O)c1ccsc1. The van der Waals surface area contributed by atoms with E-state index in [0.717, 1.165) is 6.42 Å². The number of hydrogen-bond donors (Lipinski definition) is 2. The van der Waals surface area contributed by atoms with Crippen molar-refractivity contribution < 1.29 is 14.3 Å². The molecule has 0 saturated carbocycles. The molecule has 2 amide bonds. The molecule has 1 aromatic rings. The Labute approximate surface area is 123 Å². The average molecular weight is 298 g/mol. The zero-order valence-electron chi connectivity index (χ0n) is 11.8. The fraction of sp³-hybridized carbons (Fsp3) is 0.571. The number of thiophene rings is 1. The summed E-state index contributed by atoms with van der Waals surface area (Å²) in [6.07, 6.45) is 1.90. The van der Waals surface area contributed by atoms with Gasteiger partial charge < -0.3 is 15.4 Å². The van der Waals surface area contributed by atoms with E-state index in [2.05, 4.69) is 10.6 Å². The normalized spacial score (nSPS) is 10.2. The van der Waals surface area contributed by atoms with Crippen molar-refractivity contribution in [3.63, 3.8) is 0 Å². The largest absolute Gasteiger partial charge is 0.382 e. The molecule has 5 nitrogen and oxygen atoms in total. The van der Waals surface area contributed by atoms with Crippen molar-refractivity contribution in [2.75, 3.05) is 26.3 Å². The maximum Gasteiger partial charge on any atom is 0.252 e. The van der Waals surface area contributed by atoms with Gasteiger partial charge in [0, 0.05) is 43.7 Å². The lowest BCUT2D eigenvalue weighted by molar-refractivity contribution is -0.121. The number of rotatable bonds is 10. The molecule has 0 bridgehead atoms. The molecule has 20 heavy (non-hydrogen) atoms. The van der Waals surface area contributed by atoms with E-state index in [9.17, 15) is 9.59 Å². The molecule has 0 aromatic carbocycles. The van der Waals surface area contributed by atoms with E-state index < -0.39 is 0 Å². The van der Waals surface area contributed by atoms with Crippen LogP contribution < -0.4 is 10.6 Å². The summed E-state index contributed by atoms with van der Waals surface area (Å²) in [5.41, 5.74) is 0.676. The number of carbonyl (C=O) groups is 2. The van der Waals surface area contributed by atoms with E-state index in [1.807, 2.05) is 12.3 Å². The van der Waals surface area contributed by atoms with Gasteiger partial charge in [0.1, 0.15) is 0 Å². The molecule has 0 aliphatic heterocycles. The highest BCUT2D eigenvalue weighted by Crippen LogP contribution is 2.05. The predicted molar refractivity (Wildman–Crippen MR) is 80.0 cm³/mol. The second-order valence-corrected chi connectivity index (χ2v) is 5.05. The Balaban J connectivity index is 1.98. The van der Waals surface area contributed by atoms with Crippen LogP contribution in [-0.2, 0) is 9.53 Å². The Kier molecular flexibility index (Phi) is 8.66. The molecule has 0 aliphatic carbocycles. The van der Waals surface area contributed by atoms with Gasteiger partial charge in [0.2, 0.25) is 5.91 Å². The van der Waals surface area contributed by atoms with E-state index in [1.165, 1.54) is 11.3 Å². The minimum Gasteiger partial charge on any atom is -0.382 e. The predicted octanol–water partition coefficient (Wildman–Crippen LogP) is 1.80. The van der Waals surface area contributed by atoms with Crippen LogP contribution in [0.1, 0.15) is 36.5 Å². The van der Waals surface area contributed by atoms with Crippen LogP contribution in [0.4, 0.5) is 0 Å². The molecule has 6 heteroatoms. The van der Waals surface area contributed by atoms with Gasteiger partial charge >= 0.3 is 0 Å². The van der Waals surface area contributed by atoms with E-state index in [0.29, 0.717) is 44.7 Å². The maximum absolute atomic E-state index is 11.6. The molecule has 0 radical (unpaired) electrons. The maximum atomic E-state index is 11.6. The number of carbonyl (C=O) groups excluding carboxylic acids is 2. The summed E-state index contributed by atoms with van der Waals surface area (Å²) in [7, 11) is 0. The monoisotopic (exact) mass is 298 g/mol. The molecule has 0 atom stereocenters. The first-order chi connectivity index (χ1) is 9.74. The fourth-order valence-electron chi connectivity index (χ4n) is 1.58. The minimum atomic E-state index is -0.0802. The lowest BCUT2D eigenvalue weighted by Gasteiger charge is -2.06. The lowest BCUT2D eigenvalue weighted by Crippen LogP contribution is -2.28. The Morgan fingerprint density at radius 2 is 2.05 bits per heavy atom. The molecule has 0 saturated heterocycles. The summed E-state index contributed by atoms with van der Waals surface area (Å²) in [5, 5.41) is 9.29. The van der Waals surface area contributed by atoms with Gasteiger partial charge in [-0.1, -0.05) is 0 Å². The Morgan fingerprint density at radius 1 is 1.25 bits per heavy atom. The van der Waals surface area contributed by atoms with Crippen molar-refractivity contribution in [1.29, 1.82) is 0 Å². The number of nitrogens with one attached hydrogen (secondary N) is 2. The second kappa shape index (κ2) is 10.4. The Bertz CT molecular complexity index is 393. The summed E-state index contributed by atoms with van der Waals surface area (Å²) in [5.74, 6) is -0.0605. The summed E-state index contributed by atoms with van der Waals surface area (Å²) in [6.45, 7) is 4.48. The van der Waals surface area contributed by atoms with Crippen LogP contribution in [0.3, 0.4) is 0 Å². The molecule has 1 aromatic heterocycles. The molecular weight excluding hydrogens is 276 g/mol. The first-order valence-electron chi connectivity index (χ1n) is 6.89. The summed E-state index contributed by atoms with van der Waals surface area (Å²) < 4.78 is 5.18. The van der Waals surface area contributed by atoms with Crippen LogP contribution in [0.5, 0.6) is 0 Å². The van der Waals surface area contributed by atoms with Crippen molar-refractivity contribution in [3.8, 4) is 0 Å². The van der Waals surface area contributed by atoms with Crippen molar-refractivity contribution in [1.82, 2.24) is 10.6 Å². The van der Waals surface area contributed by atoms with Gasteiger partial charge in [-0.25, -0.2) is 0 Å². The van der Waals surface area contributed by atoms with E-state index >= 15 is 0 Å². The van der Waals surface area contributed by atoms with Gasteiger partial charge in [-0.15, -0.1) is 0 Å². The van der Waals surface area contributed by atoms with E-state index in [1.54, 1.807) is 11.4 Å². The third-order valence-corrected chi connectivity index (χ3v) is 3.32.